The summed E-state index contributed by atoms with van der Waals surface area (Å²) in [5, 5.41) is 12.8. The summed E-state index contributed by atoms with van der Waals surface area (Å²) in [4.78, 5) is 29.0. The predicted molar refractivity (Wildman–Crippen MR) is 114 cm³/mol. The molecule has 1 unspecified atom stereocenters. The van der Waals surface area contributed by atoms with Crippen LogP contribution in [0.2, 0.25) is 0 Å². The van der Waals surface area contributed by atoms with Gasteiger partial charge in [-0.2, -0.15) is 0 Å². The molecule has 0 saturated heterocycles. The number of hydrogen-bond donors (Lipinski definition) is 3. The Hall–Kier alpha value is -3.20. The Morgan fingerprint density at radius 2 is 1.80 bits per heavy atom. The Balaban J connectivity index is 1.60. The topological polar surface area (TPSA) is 99.8 Å². The molecule has 0 radical (unpaired) electrons. The van der Waals surface area contributed by atoms with Crippen LogP contribution in [0, 0.1) is 11.7 Å². The molecule has 0 bridgehead atoms. The molecule has 0 aliphatic carbocycles. The highest BCUT2D eigenvalue weighted by Gasteiger charge is 2.23. The summed E-state index contributed by atoms with van der Waals surface area (Å²) < 4.78 is 13.6. The maximum atomic E-state index is 13.6. The van der Waals surface area contributed by atoms with E-state index in [-0.39, 0.29) is 35.2 Å². The number of thioether (sulfide) groups is 1. The van der Waals surface area contributed by atoms with E-state index in [1.54, 1.807) is 36.4 Å². The molecule has 0 aliphatic rings. The van der Waals surface area contributed by atoms with Crippen LogP contribution in [0.4, 0.5) is 10.1 Å². The van der Waals surface area contributed by atoms with Crippen molar-refractivity contribution in [2.24, 2.45) is 5.92 Å². The van der Waals surface area contributed by atoms with E-state index in [9.17, 15) is 14.0 Å². The second kappa shape index (κ2) is 10.0. The summed E-state index contributed by atoms with van der Waals surface area (Å²) in [7, 11) is 0. The van der Waals surface area contributed by atoms with E-state index >= 15 is 0 Å². The first-order chi connectivity index (χ1) is 14.4. The van der Waals surface area contributed by atoms with E-state index in [0.29, 0.717) is 16.5 Å². The van der Waals surface area contributed by atoms with Crippen LogP contribution in [0.5, 0.6) is 0 Å². The fourth-order valence-corrected chi connectivity index (χ4v) is 3.31. The SMILES string of the molecule is CC(C)C(NC(=O)c1ccccc1)c1nc(SCC(=O)Nc2ccccc2F)n[nH]1. The Morgan fingerprint density at radius 1 is 1.10 bits per heavy atom. The number of amides is 2. The van der Waals surface area contributed by atoms with E-state index in [0.717, 1.165) is 11.8 Å². The molecule has 1 aromatic heterocycles. The summed E-state index contributed by atoms with van der Waals surface area (Å²) in [6.45, 7) is 3.93. The van der Waals surface area contributed by atoms with Crippen molar-refractivity contribution in [2.75, 3.05) is 11.1 Å². The second-order valence-electron chi connectivity index (χ2n) is 6.88. The Morgan fingerprint density at radius 3 is 2.50 bits per heavy atom. The van der Waals surface area contributed by atoms with Crippen LogP contribution in [0.15, 0.2) is 59.8 Å². The third-order valence-corrected chi connectivity index (χ3v) is 5.09. The monoisotopic (exact) mass is 427 g/mol. The van der Waals surface area contributed by atoms with Crippen LogP contribution < -0.4 is 10.6 Å². The highest BCUT2D eigenvalue weighted by Crippen LogP contribution is 2.22. The third-order valence-electron chi connectivity index (χ3n) is 4.25. The molecule has 2 aromatic carbocycles. The van der Waals surface area contributed by atoms with Crippen LogP contribution >= 0.6 is 11.8 Å². The molecule has 0 saturated carbocycles. The minimum Gasteiger partial charge on any atom is -0.342 e. The summed E-state index contributed by atoms with van der Waals surface area (Å²) >= 11 is 1.12. The van der Waals surface area contributed by atoms with Gasteiger partial charge in [-0.1, -0.05) is 55.9 Å². The van der Waals surface area contributed by atoms with Gasteiger partial charge in [0.2, 0.25) is 11.1 Å². The number of anilines is 1. The van der Waals surface area contributed by atoms with Gasteiger partial charge in [0.05, 0.1) is 17.5 Å². The number of H-pyrrole nitrogens is 1. The van der Waals surface area contributed by atoms with Crippen LogP contribution in [0.3, 0.4) is 0 Å². The van der Waals surface area contributed by atoms with Gasteiger partial charge in [0.15, 0.2) is 0 Å². The molecule has 3 aromatic rings. The average Bonchev–Trinajstić information content (AvgIpc) is 3.21. The lowest BCUT2D eigenvalue weighted by Gasteiger charge is -2.19. The molecular weight excluding hydrogens is 405 g/mol. The Kier molecular flexibility index (Phi) is 7.18. The standard InChI is InChI=1S/C21H22FN5O2S/c1-13(2)18(24-20(29)14-8-4-3-5-9-14)19-25-21(27-26-19)30-12-17(28)23-16-11-7-6-10-15(16)22/h3-11,13,18H,12H2,1-2H3,(H,23,28)(H,24,29)(H,25,26,27). The second-order valence-corrected chi connectivity index (χ2v) is 7.82. The van der Waals surface area contributed by atoms with Crippen molar-refractivity contribution in [3.05, 3.63) is 71.8 Å². The molecule has 0 fully saturated rings. The molecule has 9 heteroatoms. The van der Waals surface area contributed by atoms with E-state index in [4.69, 9.17) is 0 Å². The zero-order chi connectivity index (χ0) is 21.5. The van der Waals surface area contributed by atoms with Crippen molar-refractivity contribution in [3.63, 3.8) is 0 Å². The molecule has 1 atom stereocenters. The first-order valence-corrected chi connectivity index (χ1v) is 10.4. The van der Waals surface area contributed by atoms with Gasteiger partial charge in [0.1, 0.15) is 11.6 Å². The van der Waals surface area contributed by atoms with Crippen molar-refractivity contribution in [1.82, 2.24) is 20.5 Å². The lowest BCUT2D eigenvalue weighted by atomic mass is 10.0. The summed E-state index contributed by atoms with van der Waals surface area (Å²) in [6.07, 6.45) is 0. The quantitative estimate of drug-likeness (QED) is 0.475. The van der Waals surface area contributed by atoms with Crippen molar-refractivity contribution in [3.8, 4) is 0 Å². The van der Waals surface area contributed by atoms with Gasteiger partial charge >= 0.3 is 0 Å². The van der Waals surface area contributed by atoms with Gasteiger partial charge in [-0.05, 0) is 30.2 Å². The number of benzene rings is 2. The number of carbonyl (C=O) groups is 2. The number of nitrogens with one attached hydrogen (secondary N) is 3. The van der Waals surface area contributed by atoms with Gasteiger partial charge < -0.3 is 10.6 Å². The number of hydrogen-bond acceptors (Lipinski definition) is 5. The maximum absolute atomic E-state index is 13.6. The summed E-state index contributed by atoms with van der Waals surface area (Å²) in [5.41, 5.74) is 0.685. The highest BCUT2D eigenvalue weighted by molar-refractivity contribution is 7.99. The zero-order valence-corrected chi connectivity index (χ0v) is 17.4. The van der Waals surface area contributed by atoms with Crippen molar-refractivity contribution >= 4 is 29.3 Å². The average molecular weight is 428 g/mol. The number of carbonyl (C=O) groups excluding carboxylic acids is 2. The molecule has 1 heterocycles. The molecule has 0 aliphatic heterocycles. The molecule has 3 rings (SSSR count). The van der Waals surface area contributed by atoms with Crippen LogP contribution in [0.1, 0.15) is 36.1 Å². The van der Waals surface area contributed by atoms with Crippen molar-refractivity contribution in [2.45, 2.75) is 25.0 Å². The minimum absolute atomic E-state index is 0.0222. The van der Waals surface area contributed by atoms with Crippen molar-refractivity contribution in [1.29, 1.82) is 0 Å². The number of nitrogens with zero attached hydrogens (tertiary/aromatic N) is 2. The highest BCUT2D eigenvalue weighted by atomic mass is 32.2. The van der Waals surface area contributed by atoms with Crippen LogP contribution in [-0.4, -0.2) is 32.7 Å². The Labute approximate surface area is 177 Å². The van der Waals surface area contributed by atoms with Crippen LogP contribution in [-0.2, 0) is 4.79 Å². The number of aromatic nitrogens is 3. The fraction of sp³-hybridized carbons (Fsp3) is 0.238. The van der Waals surface area contributed by atoms with Gasteiger partial charge in [-0.3, -0.25) is 14.7 Å². The molecule has 3 N–H and O–H groups in total. The van der Waals surface area contributed by atoms with E-state index in [1.165, 1.54) is 12.1 Å². The number of para-hydroxylation sites is 1. The normalized spacial score (nSPS) is 11.9. The van der Waals surface area contributed by atoms with Gasteiger partial charge in [-0.25, -0.2) is 9.37 Å². The summed E-state index contributed by atoms with van der Waals surface area (Å²) in [6, 6.07) is 14.5. The number of rotatable bonds is 8. The van der Waals surface area contributed by atoms with Crippen LogP contribution in [0.25, 0.3) is 0 Å². The smallest absolute Gasteiger partial charge is 0.251 e. The van der Waals surface area contributed by atoms with Gasteiger partial charge in [0.25, 0.3) is 5.91 Å². The molecule has 7 nitrogen and oxygen atoms in total. The fourth-order valence-electron chi connectivity index (χ4n) is 2.71. The van der Waals surface area contributed by atoms with E-state index in [2.05, 4.69) is 25.8 Å². The van der Waals surface area contributed by atoms with E-state index in [1.807, 2.05) is 19.9 Å². The van der Waals surface area contributed by atoms with E-state index < -0.39 is 5.82 Å². The van der Waals surface area contributed by atoms with Gasteiger partial charge in [-0.15, -0.1) is 5.10 Å². The predicted octanol–water partition coefficient (Wildman–Crippen LogP) is 3.80. The lowest BCUT2D eigenvalue weighted by molar-refractivity contribution is -0.113. The Bertz CT molecular complexity index is 1010. The zero-order valence-electron chi connectivity index (χ0n) is 16.6. The summed E-state index contributed by atoms with van der Waals surface area (Å²) in [5.74, 6) is -0.476. The molecular formula is C21H22FN5O2S. The first-order valence-electron chi connectivity index (χ1n) is 9.39. The molecule has 156 valence electrons. The molecule has 0 spiro atoms. The minimum atomic E-state index is -0.495. The number of aromatic amines is 1. The molecule has 2 amide bonds. The largest absolute Gasteiger partial charge is 0.342 e. The van der Waals surface area contributed by atoms with Crippen molar-refractivity contribution < 1.29 is 14.0 Å². The first kappa shape index (κ1) is 21.5. The molecule has 30 heavy (non-hydrogen) atoms. The van der Waals surface area contributed by atoms with Gasteiger partial charge in [0, 0.05) is 5.56 Å². The number of halogens is 1. The maximum Gasteiger partial charge on any atom is 0.251 e. The lowest BCUT2D eigenvalue weighted by Crippen LogP contribution is -2.32. The third kappa shape index (κ3) is 5.66.